The second-order valence-electron chi connectivity index (χ2n) is 4.95. The average Bonchev–Trinajstić information content (AvgIpc) is 2.91. The third-order valence-electron chi connectivity index (χ3n) is 3.43. The van der Waals surface area contributed by atoms with Crippen molar-refractivity contribution >= 4 is 11.8 Å². The summed E-state index contributed by atoms with van der Waals surface area (Å²) >= 11 is 1.89. The van der Waals surface area contributed by atoms with Crippen molar-refractivity contribution in [1.29, 1.82) is 0 Å². The molecule has 1 aromatic rings. The van der Waals surface area contributed by atoms with E-state index in [0.717, 1.165) is 24.7 Å². The van der Waals surface area contributed by atoms with E-state index in [1.54, 1.807) is 0 Å². The number of rotatable bonds is 4. The van der Waals surface area contributed by atoms with Gasteiger partial charge in [0, 0.05) is 17.8 Å². The molecule has 0 spiro atoms. The zero-order chi connectivity index (χ0) is 11.8. The van der Waals surface area contributed by atoms with E-state index in [0.29, 0.717) is 17.3 Å². The Morgan fingerprint density at radius 1 is 1.35 bits per heavy atom. The van der Waals surface area contributed by atoms with Gasteiger partial charge < -0.3 is 9.26 Å². The number of hydrogen-bond donors (Lipinski definition) is 0. The van der Waals surface area contributed by atoms with Gasteiger partial charge >= 0.3 is 0 Å². The van der Waals surface area contributed by atoms with Crippen LogP contribution in [0.25, 0.3) is 0 Å². The van der Waals surface area contributed by atoms with Crippen LogP contribution in [0, 0.1) is 0 Å². The molecule has 0 radical (unpaired) electrons. The van der Waals surface area contributed by atoms with Crippen LogP contribution in [0.3, 0.4) is 0 Å². The third kappa shape index (κ3) is 2.50. The first kappa shape index (κ1) is 11.5. The molecule has 0 N–H and O–H groups in total. The van der Waals surface area contributed by atoms with E-state index in [-0.39, 0.29) is 5.25 Å². The third-order valence-corrected chi connectivity index (χ3v) is 5.01. The van der Waals surface area contributed by atoms with Gasteiger partial charge in [-0.15, -0.1) is 11.8 Å². The van der Waals surface area contributed by atoms with Gasteiger partial charge in [0.15, 0.2) is 5.82 Å². The first-order valence-corrected chi connectivity index (χ1v) is 7.29. The highest BCUT2D eigenvalue weighted by Gasteiger charge is 2.32. The van der Waals surface area contributed by atoms with Crippen molar-refractivity contribution in [2.24, 2.45) is 0 Å². The molecule has 2 aliphatic rings. The average molecular weight is 254 g/mol. The Balaban J connectivity index is 1.62. The lowest BCUT2D eigenvalue weighted by molar-refractivity contribution is 0.127. The van der Waals surface area contributed by atoms with E-state index >= 15 is 0 Å². The molecule has 17 heavy (non-hydrogen) atoms. The fourth-order valence-electron chi connectivity index (χ4n) is 2.13. The lowest BCUT2D eigenvalue weighted by Gasteiger charge is -2.16. The van der Waals surface area contributed by atoms with Crippen molar-refractivity contribution in [3.63, 3.8) is 0 Å². The predicted molar refractivity (Wildman–Crippen MR) is 66.1 cm³/mol. The van der Waals surface area contributed by atoms with Crippen LogP contribution in [-0.4, -0.2) is 28.1 Å². The molecule has 0 amide bonds. The fourth-order valence-corrected chi connectivity index (χ4v) is 3.40. The topological polar surface area (TPSA) is 48.2 Å². The number of ether oxygens (including phenoxy) is 1. The van der Waals surface area contributed by atoms with E-state index in [1.807, 2.05) is 11.8 Å². The van der Waals surface area contributed by atoms with E-state index in [2.05, 4.69) is 24.0 Å². The van der Waals surface area contributed by atoms with Crippen molar-refractivity contribution < 1.29 is 9.26 Å². The number of aromatic nitrogens is 2. The first-order chi connectivity index (χ1) is 8.24. The van der Waals surface area contributed by atoms with E-state index in [4.69, 9.17) is 9.26 Å². The van der Waals surface area contributed by atoms with Crippen LogP contribution in [0.2, 0.25) is 0 Å². The van der Waals surface area contributed by atoms with Crippen LogP contribution in [-0.2, 0) is 4.74 Å². The van der Waals surface area contributed by atoms with Crippen LogP contribution < -0.4 is 0 Å². The molecule has 1 saturated heterocycles. The predicted octanol–water partition coefficient (Wildman–Crippen LogP) is 2.92. The molecule has 2 heterocycles. The largest absolute Gasteiger partial charge is 0.377 e. The summed E-state index contributed by atoms with van der Waals surface area (Å²) in [5.74, 6) is 2.25. The molecule has 2 fully saturated rings. The van der Waals surface area contributed by atoms with Gasteiger partial charge in [-0.05, 0) is 33.1 Å². The Bertz CT molecular complexity index is 392. The molecule has 1 aromatic heterocycles. The summed E-state index contributed by atoms with van der Waals surface area (Å²) in [5, 5.41) is 4.89. The van der Waals surface area contributed by atoms with Gasteiger partial charge in [0.25, 0.3) is 0 Å². The normalized spacial score (nSPS) is 30.7. The van der Waals surface area contributed by atoms with Crippen LogP contribution in [0.5, 0.6) is 0 Å². The molecule has 5 heteroatoms. The lowest BCUT2D eigenvalue weighted by atomic mass is 10.3. The van der Waals surface area contributed by atoms with Crippen LogP contribution >= 0.6 is 11.8 Å². The van der Waals surface area contributed by atoms with Crippen molar-refractivity contribution in [1.82, 2.24) is 10.1 Å². The molecule has 3 rings (SSSR count). The number of nitrogens with zero attached hydrogens (tertiary/aromatic N) is 2. The maximum absolute atomic E-state index is 5.57. The van der Waals surface area contributed by atoms with Crippen molar-refractivity contribution in [3.05, 3.63) is 11.7 Å². The quantitative estimate of drug-likeness (QED) is 0.826. The van der Waals surface area contributed by atoms with E-state index in [9.17, 15) is 0 Å². The second-order valence-corrected chi connectivity index (χ2v) is 6.53. The summed E-state index contributed by atoms with van der Waals surface area (Å²) in [4.78, 5) is 4.50. The van der Waals surface area contributed by atoms with Crippen LogP contribution in [0.4, 0.5) is 0 Å². The monoisotopic (exact) mass is 254 g/mol. The molecule has 1 aliphatic carbocycles. The summed E-state index contributed by atoms with van der Waals surface area (Å²) in [6.45, 7) is 5.16. The molecule has 94 valence electrons. The Labute approximate surface area is 105 Å². The Hall–Kier alpha value is -0.550. The number of hydrogen-bond acceptors (Lipinski definition) is 5. The molecular formula is C12H18N2O2S. The summed E-state index contributed by atoms with van der Waals surface area (Å²) in [7, 11) is 0. The molecule has 3 unspecified atom stereocenters. The maximum Gasteiger partial charge on any atom is 0.239 e. The fraction of sp³-hybridized carbons (Fsp3) is 0.833. The van der Waals surface area contributed by atoms with E-state index < -0.39 is 0 Å². The molecule has 0 bridgehead atoms. The minimum Gasteiger partial charge on any atom is -0.377 e. The van der Waals surface area contributed by atoms with Gasteiger partial charge in [-0.25, -0.2) is 0 Å². The van der Waals surface area contributed by atoms with Crippen LogP contribution in [0.15, 0.2) is 4.52 Å². The van der Waals surface area contributed by atoms with E-state index in [1.165, 1.54) is 12.8 Å². The summed E-state index contributed by atoms with van der Waals surface area (Å²) in [6, 6.07) is 0. The number of thioether (sulfide) groups is 1. The Morgan fingerprint density at radius 3 is 2.82 bits per heavy atom. The van der Waals surface area contributed by atoms with Gasteiger partial charge in [-0.2, -0.15) is 4.98 Å². The zero-order valence-corrected chi connectivity index (χ0v) is 11.1. The molecular weight excluding hydrogens is 236 g/mol. The molecule has 3 atom stereocenters. The Kier molecular flexibility index (Phi) is 3.13. The zero-order valence-electron chi connectivity index (χ0n) is 10.3. The highest BCUT2D eigenvalue weighted by atomic mass is 32.2. The second kappa shape index (κ2) is 4.61. The summed E-state index contributed by atoms with van der Waals surface area (Å²) in [5.41, 5.74) is 0. The standard InChI is InChI=1S/C12H18N2O2S/c1-7-10(5-6-15-7)17-8(2)12-13-11(14-16-12)9-3-4-9/h7-10H,3-6H2,1-2H3. The highest BCUT2D eigenvalue weighted by molar-refractivity contribution is 8.00. The minimum absolute atomic E-state index is 0.268. The minimum atomic E-state index is 0.268. The van der Waals surface area contributed by atoms with Gasteiger partial charge in [-0.1, -0.05) is 5.16 Å². The summed E-state index contributed by atoms with van der Waals surface area (Å²) < 4.78 is 10.9. The van der Waals surface area contributed by atoms with Crippen molar-refractivity contribution in [3.8, 4) is 0 Å². The van der Waals surface area contributed by atoms with Gasteiger partial charge in [-0.3, -0.25) is 0 Å². The first-order valence-electron chi connectivity index (χ1n) is 6.34. The van der Waals surface area contributed by atoms with Gasteiger partial charge in [0.1, 0.15) is 0 Å². The lowest BCUT2D eigenvalue weighted by Crippen LogP contribution is -2.14. The van der Waals surface area contributed by atoms with Gasteiger partial charge in [0.2, 0.25) is 5.89 Å². The van der Waals surface area contributed by atoms with Gasteiger partial charge in [0.05, 0.1) is 11.4 Å². The highest BCUT2D eigenvalue weighted by Crippen LogP contribution is 2.41. The van der Waals surface area contributed by atoms with Crippen molar-refractivity contribution in [2.75, 3.05) is 6.61 Å². The SMILES string of the molecule is CC(SC1CCOC1C)c1nc(C2CC2)no1. The molecule has 4 nitrogen and oxygen atoms in total. The molecule has 1 aliphatic heterocycles. The maximum atomic E-state index is 5.57. The Morgan fingerprint density at radius 2 is 2.18 bits per heavy atom. The molecule has 0 aromatic carbocycles. The van der Waals surface area contributed by atoms with Crippen molar-refractivity contribution in [2.45, 2.75) is 55.6 Å². The summed E-state index contributed by atoms with van der Waals surface area (Å²) in [6.07, 6.45) is 3.90. The molecule has 1 saturated carbocycles. The van der Waals surface area contributed by atoms with Crippen LogP contribution in [0.1, 0.15) is 56.0 Å². The smallest absolute Gasteiger partial charge is 0.239 e.